The smallest absolute Gasteiger partial charge is 0.240 e. The van der Waals surface area contributed by atoms with Gasteiger partial charge in [-0.05, 0) is 12.8 Å². The van der Waals surface area contributed by atoms with Gasteiger partial charge in [0.2, 0.25) is 5.89 Å². The van der Waals surface area contributed by atoms with E-state index in [0.717, 1.165) is 37.1 Å². The Kier molecular flexibility index (Phi) is 3.02. The topological polar surface area (TPSA) is 72.9 Å². The van der Waals surface area contributed by atoms with Crippen molar-refractivity contribution >= 4 is 0 Å². The molecule has 0 N–H and O–H groups in total. The molecule has 7 nitrogen and oxygen atoms in total. The number of hydrogen-bond acceptors (Lipinski definition) is 6. The van der Waals surface area contributed by atoms with Crippen LogP contribution in [-0.4, -0.2) is 36.3 Å². The fraction of sp³-hybridized carbons (Fsp3) is 0.714. The molecular weight excluding hydrogens is 268 g/mol. The molecule has 0 spiro atoms. The maximum absolute atomic E-state index is 5.35. The number of fused-ring (bicyclic) bond motifs is 1. The SMILES string of the molecule is CC(C)c1nnc2n1CCN(Cc1nc(C3CC3)no1)C2. The van der Waals surface area contributed by atoms with E-state index in [1.807, 2.05) is 0 Å². The van der Waals surface area contributed by atoms with Gasteiger partial charge < -0.3 is 9.09 Å². The molecule has 4 rings (SSSR count). The highest BCUT2D eigenvalue weighted by Gasteiger charge is 2.29. The minimum atomic E-state index is 0.412. The molecule has 2 aromatic rings. The molecule has 2 aliphatic rings. The first-order valence-corrected chi connectivity index (χ1v) is 7.67. The Morgan fingerprint density at radius 2 is 2.10 bits per heavy atom. The van der Waals surface area contributed by atoms with E-state index in [4.69, 9.17) is 4.52 Å². The summed E-state index contributed by atoms with van der Waals surface area (Å²) in [5, 5.41) is 12.7. The summed E-state index contributed by atoms with van der Waals surface area (Å²) in [6.45, 7) is 7.69. The van der Waals surface area contributed by atoms with Crippen molar-refractivity contribution in [3.8, 4) is 0 Å². The van der Waals surface area contributed by atoms with Crippen LogP contribution in [0.1, 0.15) is 61.9 Å². The third-order valence-corrected chi connectivity index (χ3v) is 4.16. The predicted molar refractivity (Wildman–Crippen MR) is 74.5 cm³/mol. The fourth-order valence-electron chi connectivity index (χ4n) is 2.82. The van der Waals surface area contributed by atoms with Crippen molar-refractivity contribution in [3.05, 3.63) is 23.4 Å². The first-order valence-electron chi connectivity index (χ1n) is 7.67. The summed E-state index contributed by atoms with van der Waals surface area (Å²) >= 11 is 0. The third-order valence-electron chi connectivity index (χ3n) is 4.16. The summed E-state index contributed by atoms with van der Waals surface area (Å²) in [6.07, 6.45) is 2.40. The number of hydrogen-bond donors (Lipinski definition) is 0. The molecule has 0 atom stereocenters. The quantitative estimate of drug-likeness (QED) is 0.852. The Balaban J connectivity index is 1.45. The zero-order chi connectivity index (χ0) is 14.4. The number of nitrogens with zero attached hydrogens (tertiary/aromatic N) is 6. The average Bonchev–Trinajstić information content (AvgIpc) is 3.06. The van der Waals surface area contributed by atoms with Crippen molar-refractivity contribution in [1.82, 2.24) is 29.8 Å². The molecule has 7 heteroatoms. The van der Waals surface area contributed by atoms with E-state index in [-0.39, 0.29) is 0 Å². The monoisotopic (exact) mass is 288 g/mol. The van der Waals surface area contributed by atoms with Gasteiger partial charge in [-0.25, -0.2) is 0 Å². The first-order chi connectivity index (χ1) is 10.2. The Morgan fingerprint density at radius 3 is 2.86 bits per heavy atom. The van der Waals surface area contributed by atoms with E-state index < -0.39 is 0 Å². The van der Waals surface area contributed by atoms with E-state index in [9.17, 15) is 0 Å². The van der Waals surface area contributed by atoms with Crippen LogP contribution >= 0.6 is 0 Å². The van der Waals surface area contributed by atoms with Crippen molar-refractivity contribution in [2.45, 2.75) is 58.2 Å². The highest BCUT2D eigenvalue weighted by atomic mass is 16.5. The molecule has 0 radical (unpaired) electrons. The van der Waals surface area contributed by atoms with Crippen LogP contribution in [0.3, 0.4) is 0 Å². The summed E-state index contributed by atoms with van der Waals surface area (Å²) in [7, 11) is 0. The number of rotatable bonds is 4. The molecule has 0 amide bonds. The lowest BCUT2D eigenvalue weighted by atomic mass is 10.2. The second-order valence-corrected chi connectivity index (χ2v) is 6.31. The van der Waals surface area contributed by atoms with Gasteiger partial charge in [-0.2, -0.15) is 4.98 Å². The molecule has 1 aliphatic heterocycles. The van der Waals surface area contributed by atoms with E-state index in [1.54, 1.807) is 0 Å². The van der Waals surface area contributed by atoms with Gasteiger partial charge in [0, 0.05) is 24.9 Å². The first kappa shape index (κ1) is 12.9. The second kappa shape index (κ2) is 4.91. The van der Waals surface area contributed by atoms with Crippen LogP contribution < -0.4 is 0 Å². The van der Waals surface area contributed by atoms with E-state index >= 15 is 0 Å². The molecule has 0 aromatic carbocycles. The summed E-state index contributed by atoms with van der Waals surface area (Å²) in [6, 6.07) is 0. The normalized spacial score (nSPS) is 19.2. The standard InChI is InChI=1S/C14H20N6O/c1-9(2)14-17-16-11-7-19(5-6-20(11)14)8-12-15-13(18-21-12)10-3-4-10/h9-10H,3-8H2,1-2H3. The molecule has 2 aromatic heterocycles. The summed E-state index contributed by atoms with van der Waals surface area (Å²) in [5.41, 5.74) is 0. The van der Waals surface area contributed by atoms with Crippen LogP contribution in [0.2, 0.25) is 0 Å². The lowest BCUT2D eigenvalue weighted by Crippen LogP contribution is -2.34. The molecular formula is C14H20N6O. The third kappa shape index (κ3) is 2.46. The molecule has 1 saturated carbocycles. The van der Waals surface area contributed by atoms with E-state index in [0.29, 0.717) is 24.3 Å². The minimum absolute atomic E-state index is 0.412. The van der Waals surface area contributed by atoms with Crippen LogP contribution in [0.15, 0.2) is 4.52 Å². The van der Waals surface area contributed by atoms with Gasteiger partial charge in [-0.15, -0.1) is 10.2 Å². The molecule has 3 heterocycles. The molecule has 1 aliphatic carbocycles. The van der Waals surface area contributed by atoms with Crippen molar-refractivity contribution < 1.29 is 4.52 Å². The highest BCUT2D eigenvalue weighted by molar-refractivity contribution is 5.05. The van der Waals surface area contributed by atoms with Gasteiger partial charge in [-0.1, -0.05) is 19.0 Å². The zero-order valence-electron chi connectivity index (χ0n) is 12.5. The molecule has 0 saturated heterocycles. The fourth-order valence-corrected chi connectivity index (χ4v) is 2.82. The second-order valence-electron chi connectivity index (χ2n) is 6.31. The van der Waals surface area contributed by atoms with Crippen molar-refractivity contribution in [2.24, 2.45) is 0 Å². The van der Waals surface area contributed by atoms with Crippen molar-refractivity contribution in [3.63, 3.8) is 0 Å². The predicted octanol–water partition coefficient (Wildman–Crippen LogP) is 1.68. The summed E-state index contributed by atoms with van der Waals surface area (Å²) in [4.78, 5) is 6.78. The van der Waals surface area contributed by atoms with Gasteiger partial charge in [0.15, 0.2) is 5.82 Å². The molecule has 112 valence electrons. The van der Waals surface area contributed by atoms with Gasteiger partial charge >= 0.3 is 0 Å². The maximum Gasteiger partial charge on any atom is 0.240 e. The minimum Gasteiger partial charge on any atom is -0.338 e. The lowest BCUT2D eigenvalue weighted by Gasteiger charge is -2.26. The van der Waals surface area contributed by atoms with Gasteiger partial charge in [-0.3, -0.25) is 4.90 Å². The van der Waals surface area contributed by atoms with Crippen LogP contribution in [0.4, 0.5) is 0 Å². The molecule has 21 heavy (non-hydrogen) atoms. The molecule has 1 fully saturated rings. The average molecular weight is 288 g/mol. The van der Waals surface area contributed by atoms with Crippen LogP contribution in [0.5, 0.6) is 0 Å². The molecule has 0 bridgehead atoms. The Hall–Kier alpha value is -1.76. The van der Waals surface area contributed by atoms with Crippen LogP contribution in [0, 0.1) is 0 Å². The Bertz CT molecular complexity index is 642. The van der Waals surface area contributed by atoms with Gasteiger partial charge in [0.25, 0.3) is 0 Å². The van der Waals surface area contributed by atoms with Gasteiger partial charge in [0.05, 0.1) is 13.1 Å². The van der Waals surface area contributed by atoms with Crippen molar-refractivity contribution in [2.75, 3.05) is 6.54 Å². The molecule has 0 unspecified atom stereocenters. The zero-order valence-corrected chi connectivity index (χ0v) is 12.5. The maximum atomic E-state index is 5.35. The summed E-state index contributed by atoms with van der Waals surface area (Å²) in [5.74, 6) is 4.67. The highest BCUT2D eigenvalue weighted by Crippen LogP contribution is 2.38. The Labute approximate surface area is 123 Å². The Morgan fingerprint density at radius 1 is 1.24 bits per heavy atom. The number of aromatic nitrogens is 5. The van der Waals surface area contributed by atoms with E-state index in [1.165, 1.54) is 12.8 Å². The van der Waals surface area contributed by atoms with Crippen molar-refractivity contribution in [1.29, 1.82) is 0 Å². The van der Waals surface area contributed by atoms with Crippen LogP contribution in [0.25, 0.3) is 0 Å². The van der Waals surface area contributed by atoms with Crippen LogP contribution in [-0.2, 0) is 19.6 Å². The van der Waals surface area contributed by atoms with E-state index in [2.05, 4.69) is 43.7 Å². The largest absolute Gasteiger partial charge is 0.338 e. The summed E-state index contributed by atoms with van der Waals surface area (Å²) < 4.78 is 7.60. The lowest BCUT2D eigenvalue weighted by molar-refractivity contribution is 0.181. The van der Waals surface area contributed by atoms with Gasteiger partial charge in [0.1, 0.15) is 11.6 Å².